The van der Waals surface area contributed by atoms with E-state index in [2.05, 4.69) is 41.1 Å². The highest BCUT2D eigenvalue weighted by Crippen LogP contribution is 2.35. The van der Waals surface area contributed by atoms with Gasteiger partial charge in [0.25, 0.3) is 0 Å². The smallest absolute Gasteiger partial charge is 0.236 e. The van der Waals surface area contributed by atoms with Crippen LogP contribution in [-0.4, -0.2) is 92.1 Å². The number of fused-ring (bicyclic) bond motifs is 1. The van der Waals surface area contributed by atoms with Crippen LogP contribution in [-0.2, 0) is 17.8 Å². The Morgan fingerprint density at radius 2 is 1.91 bits per heavy atom. The molecular weight excluding hydrogens is 406 g/mol. The maximum absolute atomic E-state index is 12.5. The third-order valence-corrected chi connectivity index (χ3v) is 6.52. The van der Waals surface area contributed by atoms with Crippen molar-refractivity contribution in [1.82, 2.24) is 20.0 Å². The molecule has 8 heteroatoms. The molecule has 8 nitrogen and oxygen atoms in total. The van der Waals surface area contributed by atoms with Crippen LogP contribution in [0.5, 0.6) is 11.5 Å². The molecule has 2 saturated heterocycles. The molecule has 0 bridgehead atoms. The average Bonchev–Trinajstić information content (AvgIpc) is 3.45. The minimum atomic E-state index is 0.208. The van der Waals surface area contributed by atoms with Crippen molar-refractivity contribution in [3.05, 3.63) is 23.3 Å². The van der Waals surface area contributed by atoms with Crippen LogP contribution in [0.25, 0.3) is 0 Å². The van der Waals surface area contributed by atoms with Gasteiger partial charge in [0.1, 0.15) is 17.6 Å². The Bertz CT molecular complexity index is 829. The van der Waals surface area contributed by atoms with Gasteiger partial charge in [0.2, 0.25) is 5.91 Å². The molecular formula is C24H37N5O3. The molecule has 0 saturated carbocycles. The van der Waals surface area contributed by atoms with Gasteiger partial charge >= 0.3 is 0 Å². The molecule has 3 aliphatic heterocycles. The largest absolute Gasteiger partial charge is 0.496 e. The molecule has 0 aliphatic carbocycles. The number of nitrogens with one attached hydrogen (secondary N) is 1. The zero-order valence-electron chi connectivity index (χ0n) is 19.7. The lowest BCUT2D eigenvalue weighted by molar-refractivity contribution is -0.131. The molecule has 1 aromatic carbocycles. The first-order valence-electron chi connectivity index (χ1n) is 12.0. The van der Waals surface area contributed by atoms with Crippen LogP contribution in [0.4, 0.5) is 0 Å². The minimum Gasteiger partial charge on any atom is -0.496 e. The van der Waals surface area contributed by atoms with Gasteiger partial charge in [-0.25, -0.2) is 4.99 Å². The van der Waals surface area contributed by atoms with E-state index in [-0.39, 0.29) is 12.0 Å². The van der Waals surface area contributed by atoms with Crippen molar-refractivity contribution in [2.24, 2.45) is 4.99 Å². The minimum absolute atomic E-state index is 0.208. The number of aliphatic imine (C=N–C) groups is 1. The van der Waals surface area contributed by atoms with E-state index in [1.165, 1.54) is 5.56 Å². The number of hydrogen-bond acceptors (Lipinski definition) is 5. The Kier molecular flexibility index (Phi) is 7.40. The maximum atomic E-state index is 12.5. The van der Waals surface area contributed by atoms with Crippen molar-refractivity contribution < 1.29 is 14.3 Å². The zero-order chi connectivity index (χ0) is 22.5. The second-order valence-electron chi connectivity index (χ2n) is 8.93. The van der Waals surface area contributed by atoms with Gasteiger partial charge in [-0.15, -0.1) is 0 Å². The molecule has 2 fully saturated rings. The van der Waals surface area contributed by atoms with Gasteiger partial charge < -0.3 is 24.6 Å². The summed E-state index contributed by atoms with van der Waals surface area (Å²) in [5.74, 6) is 3.00. The molecule has 3 heterocycles. The highest BCUT2D eigenvalue weighted by Gasteiger charge is 2.25. The van der Waals surface area contributed by atoms with Crippen molar-refractivity contribution in [3.63, 3.8) is 0 Å². The molecule has 0 radical (unpaired) electrons. The van der Waals surface area contributed by atoms with Crippen LogP contribution < -0.4 is 14.8 Å². The van der Waals surface area contributed by atoms with Crippen molar-refractivity contribution >= 4 is 11.9 Å². The van der Waals surface area contributed by atoms with E-state index in [9.17, 15) is 4.79 Å². The summed E-state index contributed by atoms with van der Waals surface area (Å²) in [4.78, 5) is 23.9. The molecule has 1 aromatic rings. The molecule has 1 N–H and O–H groups in total. The van der Waals surface area contributed by atoms with Crippen LogP contribution in [0.3, 0.4) is 0 Å². The highest BCUT2D eigenvalue weighted by atomic mass is 16.5. The Morgan fingerprint density at radius 3 is 2.59 bits per heavy atom. The summed E-state index contributed by atoms with van der Waals surface area (Å²) in [6.07, 6.45) is 3.41. The quantitative estimate of drug-likeness (QED) is 0.533. The predicted octanol–water partition coefficient (Wildman–Crippen LogP) is 1.72. The summed E-state index contributed by atoms with van der Waals surface area (Å²) in [7, 11) is 1.71. The number of piperazine rings is 1. The molecule has 1 atom stereocenters. The van der Waals surface area contributed by atoms with E-state index in [4.69, 9.17) is 14.5 Å². The molecule has 1 unspecified atom stereocenters. The number of benzene rings is 1. The highest BCUT2D eigenvalue weighted by molar-refractivity contribution is 5.80. The zero-order valence-corrected chi connectivity index (χ0v) is 19.7. The van der Waals surface area contributed by atoms with E-state index in [0.717, 1.165) is 88.1 Å². The van der Waals surface area contributed by atoms with Crippen LogP contribution in [0.15, 0.2) is 17.1 Å². The topological polar surface area (TPSA) is 69.6 Å². The normalized spacial score (nSPS) is 21.5. The lowest BCUT2D eigenvalue weighted by atomic mass is 10.1. The van der Waals surface area contributed by atoms with Crippen molar-refractivity contribution in [2.45, 2.75) is 45.8 Å². The van der Waals surface area contributed by atoms with Crippen LogP contribution in [0, 0.1) is 0 Å². The average molecular weight is 444 g/mol. The summed E-state index contributed by atoms with van der Waals surface area (Å²) in [5.41, 5.74) is 2.24. The number of rotatable bonds is 6. The standard InChI is InChI=1S/C24H37N5O3/c1-4-25-24(26-16-20-15-22-19(13-18(2)32-22)14-21(20)31-3)29-11-9-27(10-12-29)17-23(30)28-7-5-6-8-28/h14-15,18H,4-13,16-17H2,1-3H3,(H,25,26). The Balaban J connectivity index is 1.37. The maximum Gasteiger partial charge on any atom is 0.236 e. The first-order valence-corrected chi connectivity index (χ1v) is 12.0. The van der Waals surface area contributed by atoms with E-state index in [0.29, 0.717) is 13.1 Å². The fourth-order valence-electron chi connectivity index (χ4n) is 4.76. The Labute approximate surface area is 191 Å². The number of carbonyl (C=O) groups excluding carboxylic acids is 1. The summed E-state index contributed by atoms with van der Waals surface area (Å²) >= 11 is 0. The molecule has 1 amide bonds. The predicted molar refractivity (Wildman–Crippen MR) is 125 cm³/mol. The fourth-order valence-corrected chi connectivity index (χ4v) is 4.76. The third-order valence-electron chi connectivity index (χ3n) is 6.52. The van der Waals surface area contributed by atoms with Crippen LogP contribution in [0.2, 0.25) is 0 Å². The number of methoxy groups -OCH3 is 1. The van der Waals surface area contributed by atoms with E-state index in [1.54, 1.807) is 7.11 Å². The number of carbonyl (C=O) groups is 1. The van der Waals surface area contributed by atoms with Gasteiger partial charge in [0, 0.05) is 63.4 Å². The molecule has 176 valence electrons. The van der Waals surface area contributed by atoms with Gasteiger partial charge in [-0.05, 0) is 38.8 Å². The van der Waals surface area contributed by atoms with Crippen molar-refractivity contribution in [1.29, 1.82) is 0 Å². The van der Waals surface area contributed by atoms with Gasteiger partial charge in [0.05, 0.1) is 20.2 Å². The molecule has 32 heavy (non-hydrogen) atoms. The van der Waals surface area contributed by atoms with Gasteiger partial charge in [-0.3, -0.25) is 9.69 Å². The van der Waals surface area contributed by atoms with Crippen molar-refractivity contribution in [2.75, 3.05) is 59.5 Å². The monoisotopic (exact) mass is 443 g/mol. The lowest BCUT2D eigenvalue weighted by Gasteiger charge is -2.36. The fraction of sp³-hybridized carbons (Fsp3) is 0.667. The Hall–Kier alpha value is -2.48. The van der Waals surface area contributed by atoms with Crippen LogP contribution >= 0.6 is 0 Å². The Morgan fingerprint density at radius 1 is 1.16 bits per heavy atom. The van der Waals surface area contributed by atoms with Gasteiger partial charge in [-0.1, -0.05) is 0 Å². The lowest BCUT2D eigenvalue weighted by Crippen LogP contribution is -2.54. The van der Waals surface area contributed by atoms with E-state index in [1.807, 2.05) is 4.90 Å². The second-order valence-corrected chi connectivity index (χ2v) is 8.93. The van der Waals surface area contributed by atoms with Gasteiger partial charge in [0.15, 0.2) is 5.96 Å². The summed E-state index contributed by atoms with van der Waals surface area (Å²) < 4.78 is 11.6. The summed E-state index contributed by atoms with van der Waals surface area (Å²) in [5, 5.41) is 3.43. The summed E-state index contributed by atoms with van der Waals surface area (Å²) in [6, 6.07) is 4.17. The van der Waals surface area contributed by atoms with Gasteiger partial charge in [-0.2, -0.15) is 0 Å². The number of likely N-dealkylation sites (tertiary alicyclic amines) is 1. The van der Waals surface area contributed by atoms with Crippen molar-refractivity contribution in [3.8, 4) is 11.5 Å². The van der Waals surface area contributed by atoms with Crippen LogP contribution in [0.1, 0.15) is 37.8 Å². The third kappa shape index (κ3) is 5.28. The first kappa shape index (κ1) is 22.7. The molecule has 0 spiro atoms. The number of ether oxygens (including phenoxy) is 2. The number of hydrogen-bond donors (Lipinski definition) is 1. The number of nitrogens with zero attached hydrogens (tertiary/aromatic N) is 4. The molecule has 4 rings (SSSR count). The number of amides is 1. The SMILES string of the molecule is CCNC(=NCc1cc2c(cc1OC)CC(C)O2)N1CCN(CC(=O)N2CCCC2)CC1. The summed E-state index contributed by atoms with van der Waals surface area (Å²) in [6.45, 7) is 11.4. The molecule has 3 aliphatic rings. The van der Waals surface area contributed by atoms with E-state index < -0.39 is 0 Å². The van der Waals surface area contributed by atoms with E-state index >= 15 is 0 Å². The number of guanidine groups is 1. The first-order chi connectivity index (χ1) is 15.6. The molecule has 0 aromatic heterocycles. The second kappa shape index (κ2) is 10.4.